The van der Waals surface area contributed by atoms with Gasteiger partial charge >= 0.3 is 6.03 Å². The number of benzene rings is 1. The predicted molar refractivity (Wildman–Crippen MR) is 37.7 cm³/mol. The van der Waals surface area contributed by atoms with Crippen LogP contribution in [0.2, 0.25) is 0 Å². The van der Waals surface area contributed by atoms with Gasteiger partial charge in [-0.1, -0.05) is 0 Å². The first-order chi connectivity index (χ1) is 5.25. The first kappa shape index (κ1) is 6.22. The largest absolute Gasteiger partial charge is 0.368 e. The fraction of sp³-hybridized carbons (Fsp3) is 0.125. The summed E-state index contributed by atoms with van der Waals surface area (Å²) in [6.45, 7) is 1.90. The lowest BCUT2D eigenvalue weighted by Crippen LogP contribution is -2.21. The molecule has 1 aliphatic rings. The molecule has 0 saturated heterocycles. The standard InChI is InChI=1S/C8H5N2O/c1-5-2-3-6-7(4-5)10-8(11)9-6/h3-4H,1H3. The highest BCUT2D eigenvalue weighted by atomic mass is 16.2. The molecule has 0 fully saturated rings. The first-order valence-electron chi connectivity index (χ1n) is 3.25. The number of urea groups is 1. The van der Waals surface area contributed by atoms with E-state index >= 15 is 0 Å². The summed E-state index contributed by atoms with van der Waals surface area (Å²) in [5, 5.41) is 1.28. The van der Waals surface area contributed by atoms with Crippen molar-refractivity contribution >= 4 is 6.03 Å². The highest BCUT2D eigenvalue weighted by Crippen LogP contribution is 1.89. The monoisotopic (exact) mass is 145 g/mol. The van der Waals surface area contributed by atoms with E-state index in [4.69, 9.17) is 0 Å². The molecule has 0 unspecified atom stereocenters. The fourth-order valence-corrected chi connectivity index (χ4v) is 0.987. The van der Waals surface area contributed by atoms with E-state index in [1.807, 2.05) is 6.92 Å². The molecule has 2 rings (SSSR count). The van der Waals surface area contributed by atoms with E-state index in [1.165, 1.54) is 0 Å². The second-order valence-corrected chi connectivity index (χ2v) is 2.39. The quantitative estimate of drug-likeness (QED) is 0.513. The van der Waals surface area contributed by atoms with Crippen LogP contribution in [0.3, 0.4) is 0 Å². The van der Waals surface area contributed by atoms with E-state index in [2.05, 4.69) is 16.1 Å². The van der Waals surface area contributed by atoms with Crippen molar-refractivity contribution in [1.29, 1.82) is 0 Å². The lowest BCUT2D eigenvalue weighted by molar-refractivity contribution is 0.256. The van der Waals surface area contributed by atoms with Crippen LogP contribution in [-0.2, 0) is 0 Å². The molecule has 0 aromatic heterocycles. The first-order valence-corrected chi connectivity index (χ1v) is 3.25. The fourth-order valence-electron chi connectivity index (χ4n) is 0.987. The Bertz CT molecular complexity index is 434. The van der Waals surface area contributed by atoms with Crippen molar-refractivity contribution in [3.63, 3.8) is 0 Å². The Kier molecular flexibility index (Phi) is 1.12. The second-order valence-electron chi connectivity index (χ2n) is 2.39. The molecule has 2 amide bonds. The zero-order valence-corrected chi connectivity index (χ0v) is 5.96. The molecule has 1 aromatic carbocycles. The van der Waals surface area contributed by atoms with Gasteiger partial charge in [0.1, 0.15) is 0 Å². The number of rotatable bonds is 0. The third kappa shape index (κ3) is 0.941. The minimum Gasteiger partial charge on any atom is -0.244 e. The van der Waals surface area contributed by atoms with E-state index in [9.17, 15) is 4.79 Å². The number of carbonyl (C=O) groups is 1. The van der Waals surface area contributed by atoms with E-state index in [1.54, 1.807) is 12.1 Å². The molecule has 1 aromatic rings. The summed E-state index contributed by atoms with van der Waals surface area (Å²) in [7, 11) is 0. The van der Waals surface area contributed by atoms with Crippen LogP contribution in [0.5, 0.6) is 0 Å². The highest BCUT2D eigenvalue weighted by molar-refractivity contribution is 5.77. The Hall–Kier alpha value is -1.51. The molecule has 0 aliphatic carbocycles. The van der Waals surface area contributed by atoms with Gasteiger partial charge in [0.25, 0.3) is 0 Å². The molecule has 3 nitrogen and oxygen atoms in total. The Balaban J connectivity index is 2.89. The minimum absolute atomic E-state index is 0.418. The summed E-state index contributed by atoms with van der Waals surface area (Å²) < 4.78 is 0. The Labute approximate surface area is 63.1 Å². The van der Waals surface area contributed by atoms with Crippen molar-refractivity contribution in [2.24, 2.45) is 9.98 Å². The van der Waals surface area contributed by atoms with Crippen molar-refractivity contribution in [3.05, 3.63) is 34.5 Å². The molecule has 1 radical (unpaired) electrons. The maximum absolute atomic E-state index is 10.7. The summed E-state index contributed by atoms with van der Waals surface area (Å²) in [6, 6.07) is 6.00. The van der Waals surface area contributed by atoms with Crippen molar-refractivity contribution < 1.29 is 4.79 Å². The van der Waals surface area contributed by atoms with Gasteiger partial charge in [-0.25, -0.2) is 4.79 Å². The predicted octanol–water partition coefficient (Wildman–Crippen LogP) is 0.168. The Morgan fingerprint density at radius 2 is 2.09 bits per heavy atom. The molecular weight excluding hydrogens is 140 g/mol. The van der Waals surface area contributed by atoms with Gasteiger partial charge in [-0.3, -0.25) is 0 Å². The molecule has 3 heteroatoms. The lowest BCUT2D eigenvalue weighted by Gasteiger charge is -1.84. The van der Waals surface area contributed by atoms with Crippen molar-refractivity contribution in [2.45, 2.75) is 6.92 Å². The molecule has 0 saturated carbocycles. The molecule has 1 aliphatic heterocycles. The summed E-state index contributed by atoms with van der Waals surface area (Å²) in [4.78, 5) is 18.0. The number of hydrogen-bond acceptors (Lipinski definition) is 1. The molecule has 53 valence electrons. The van der Waals surface area contributed by atoms with Gasteiger partial charge in [0.15, 0.2) is 0 Å². The normalized spacial score (nSPS) is 13.7. The van der Waals surface area contributed by atoms with Crippen LogP contribution in [0.4, 0.5) is 4.79 Å². The van der Waals surface area contributed by atoms with Gasteiger partial charge in [-0.2, -0.15) is 9.98 Å². The topological polar surface area (TPSA) is 41.8 Å². The number of aryl methyl sites for hydroxylation is 1. The van der Waals surface area contributed by atoms with Gasteiger partial charge in [0.2, 0.25) is 0 Å². The molecule has 0 bridgehead atoms. The number of carbonyl (C=O) groups excluding carboxylic acids is 1. The zero-order valence-electron chi connectivity index (χ0n) is 5.96. The smallest absolute Gasteiger partial charge is 0.244 e. The summed E-state index contributed by atoms with van der Waals surface area (Å²) in [5.74, 6) is 0. The van der Waals surface area contributed by atoms with Crippen molar-refractivity contribution in [3.8, 4) is 0 Å². The summed E-state index contributed by atoms with van der Waals surface area (Å²) in [5.41, 5.74) is 0.970. The van der Waals surface area contributed by atoms with E-state index in [-0.39, 0.29) is 0 Å². The summed E-state index contributed by atoms with van der Waals surface area (Å²) in [6.07, 6.45) is 0. The van der Waals surface area contributed by atoms with Crippen LogP contribution in [0, 0.1) is 13.0 Å². The maximum Gasteiger partial charge on any atom is 0.368 e. The average Bonchev–Trinajstić information content (AvgIpc) is 2.27. The third-order valence-electron chi connectivity index (χ3n) is 1.48. The number of nitrogens with zero attached hydrogens (tertiary/aromatic N) is 2. The molecular formula is C8H5N2O. The molecule has 1 heterocycles. The van der Waals surface area contributed by atoms with Crippen LogP contribution < -0.4 is 10.7 Å². The minimum atomic E-state index is -0.418. The average molecular weight is 145 g/mol. The third-order valence-corrected chi connectivity index (χ3v) is 1.48. The zero-order chi connectivity index (χ0) is 7.84. The highest BCUT2D eigenvalue weighted by Gasteiger charge is 2.03. The Morgan fingerprint density at radius 1 is 1.36 bits per heavy atom. The van der Waals surface area contributed by atoms with Gasteiger partial charge < -0.3 is 0 Å². The number of hydrogen-bond donors (Lipinski definition) is 0. The van der Waals surface area contributed by atoms with Crippen LogP contribution in [0.25, 0.3) is 0 Å². The van der Waals surface area contributed by atoms with Crippen LogP contribution in [0.1, 0.15) is 5.56 Å². The van der Waals surface area contributed by atoms with Gasteiger partial charge in [0.05, 0.1) is 10.7 Å². The van der Waals surface area contributed by atoms with E-state index in [0.717, 1.165) is 5.56 Å². The maximum atomic E-state index is 10.7. The van der Waals surface area contributed by atoms with Gasteiger partial charge in [0, 0.05) is 0 Å². The lowest BCUT2D eigenvalue weighted by atomic mass is 10.2. The van der Waals surface area contributed by atoms with Crippen LogP contribution in [-0.4, -0.2) is 6.03 Å². The van der Waals surface area contributed by atoms with Gasteiger partial charge in [-0.05, 0) is 30.7 Å². The van der Waals surface area contributed by atoms with Crippen molar-refractivity contribution in [2.75, 3.05) is 0 Å². The van der Waals surface area contributed by atoms with Crippen LogP contribution >= 0.6 is 0 Å². The van der Waals surface area contributed by atoms with Gasteiger partial charge in [-0.15, -0.1) is 0 Å². The van der Waals surface area contributed by atoms with E-state index < -0.39 is 6.03 Å². The van der Waals surface area contributed by atoms with E-state index in [0.29, 0.717) is 10.7 Å². The number of fused-ring (bicyclic) bond motifs is 1. The second kappa shape index (κ2) is 1.99. The van der Waals surface area contributed by atoms with Crippen LogP contribution in [0.15, 0.2) is 22.1 Å². The SMILES string of the molecule is Cc1[c]cc2c(c1)=NC(=O)N=2. The van der Waals surface area contributed by atoms with Crippen molar-refractivity contribution in [1.82, 2.24) is 0 Å². The molecule has 0 N–H and O–H groups in total. The molecule has 11 heavy (non-hydrogen) atoms. The number of amides is 2. The summed E-state index contributed by atoms with van der Waals surface area (Å²) >= 11 is 0. The molecule has 0 atom stereocenters. The Morgan fingerprint density at radius 3 is 2.91 bits per heavy atom. The molecule has 0 spiro atoms.